The maximum Gasteiger partial charge on any atom is 0.330 e. The van der Waals surface area contributed by atoms with Gasteiger partial charge in [-0.05, 0) is 19.4 Å². The maximum atomic E-state index is 12.3. The van der Waals surface area contributed by atoms with E-state index in [1.807, 2.05) is 0 Å². The number of hydrogen-bond acceptors (Lipinski definition) is 9. The molecule has 0 unspecified atom stereocenters. The molecule has 0 aromatic carbocycles. The zero-order valence-corrected chi connectivity index (χ0v) is 16.5. The number of ether oxygens (including phenoxy) is 3. The minimum Gasteiger partial charge on any atom is -0.463 e. The molecule has 11 heteroatoms. The van der Waals surface area contributed by atoms with Gasteiger partial charge in [0.25, 0.3) is 5.56 Å². The van der Waals surface area contributed by atoms with E-state index in [4.69, 9.17) is 19.9 Å². The van der Waals surface area contributed by atoms with E-state index in [1.54, 1.807) is 0 Å². The predicted octanol–water partition coefficient (Wildman–Crippen LogP) is -0.523. The Morgan fingerprint density at radius 1 is 1.34 bits per heavy atom. The van der Waals surface area contributed by atoms with Crippen molar-refractivity contribution in [3.05, 3.63) is 32.6 Å². The first-order valence-corrected chi connectivity index (χ1v) is 9.33. The molecule has 2 rings (SSSR count). The summed E-state index contributed by atoms with van der Waals surface area (Å²) < 4.78 is 17.1. The number of H-pyrrole nitrogens is 1. The summed E-state index contributed by atoms with van der Waals surface area (Å²) in [7, 11) is 0. The number of carbonyl (C=O) groups is 2. The first-order valence-electron chi connectivity index (χ1n) is 9.33. The van der Waals surface area contributed by atoms with Crippen molar-refractivity contribution in [1.29, 1.82) is 0 Å². The van der Waals surface area contributed by atoms with Crippen molar-refractivity contribution in [2.75, 3.05) is 19.7 Å². The highest BCUT2D eigenvalue weighted by Crippen LogP contribution is 2.30. The number of aromatic amines is 1. The van der Waals surface area contributed by atoms with Gasteiger partial charge >= 0.3 is 17.6 Å². The van der Waals surface area contributed by atoms with Gasteiger partial charge in [0.05, 0.1) is 5.56 Å². The molecule has 1 aromatic rings. The normalized spacial score (nSPS) is 21.4. The molecule has 29 heavy (non-hydrogen) atoms. The third-order valence-corrected chi connectivity index (χ3v) is 4.23. The second kappa shape index (κ2) is 10.7. The number of aliphatic imine (C=N–C) groups is 1. The van der Waals surface area contributed by atoms with Crippen LogP contribution in [0.25, 0.3) is 0 Å². The summed E-state index contributed by atoms with van der Waals surface area (Å²) in [5, 5.41) is 0. The largest absolute Gasteiger partial charge is 0.463 e. The van der Waals surface area contributed by atoms with E-state index in [0.717, 1.165) is 12.8 Å². The number of aromatic nitrogens is 2. The summed E-state index contributed by atoms with van der Waals surface area (Å²) in [5.74, 6) is -1.03. The summed E-state index contributed by atoms with van der Waals surface area (Å²) in [4.78, 5) is 53.1. The van der Waals surface area contributed by atoms with Crippen LogP contribution in [0.15, 0.2) is 20.8 Å². The topological polar surface area (TPSA) is 155 Å². The number of nitrogens with zero attached hydrogens (tertiary/aromatic N) is 2. The Bertz CT molecular complexity index is 861. The molecule has 3 atom stereocenters. The van der Waals surface area contributed by atoms with Crippen molar-refractivity contribution >= 4 is 18.2 Å². The molecule has 3 N–H and O–H groups in total. The number of nitrogens with one attached hydrogen (secondary N) is 1. The molecule has 1 fully saturated rings. The van der Waals surface area contributed by atoms with Gasteiger partial charge in [0.2, 0.25) is 0 Å². The van der Waals surface area contributed by atoms with E-state index in [-0.39, 0.29) is 18.6 Å². The fourth-order valence-corrected chi connectivity index (χ4v) is 2.88. The summed E-state index contributed by atoms with van der Waals surface area (Å²) in [5.41, 5.74) is 4.37. The van der Waals surface area contributed by atoms with E-state index in [2.05, 4.69) is 9.98 Å². The average molecular weight is 410 g/mol. The van der Waals surface area contributed by atoms with Crippen LogP contribution in [0.5, 0.6) is 0 Å². The molecular formula is C18H26N4O7. The molecule has 1 aliphatic heterocycles. The zero-order chi connectivity index (χ0) is 21.4. The molecular weight excluding hydrogens is 384 g/mol. The van der Waals surface area contributed by atoms with Crippen molar-refractivity contribution in [3.8, 4) is 0 Å². The Morgan fingerprint density at radius 2 is 2.10 bits per heavy atom. The van der Waals surface area contributed by atoms with Crippen LogP contribution >= 0.6 is 0 Å². The van der Waals surface area contributed by atoms with Crippen LogP contribution in [0, 0.1) is 0 Å². The van der Waals surface area contributed by atoms with Crippen molar-refractivity contribution in [3.63, 3.8) is 0 Å². The third kappa shape index (κ3) is 6.64. The second-order valence-corrected chi connectivity index (χ2v) is 6.60. The molecule has 0 spiro atoms. The Labute approximate surface area is 166 Å². The average Bonchev–Trinajstić information content (AvgIpc) is 3.03. The minimum atomic E-state index is -0.811. The summed E-state index contributed by atoms with van der Waals surface area (Å²) >= 11 is 0. The van der Waals surface area contributed by atoms with Crippen molar-refractivity contribution in [1.82, 2.24) is 9.55 Å². The highest BCUT2D eigenvalue weighted by atomic mass is 16.6. The van der Waals surface area contributed by atoms with Crippen LogP contribution < -0.4 is 17.0 Å². The minimum absolute atomic E-state index is 0.128. The number of carbonyl (C=O) groups excluding carboxylic acids is 2. The van der Waals surface area contributed by atoms with Crippen LogP contribution in [0.3, 0.4) is 0 Å². The molecule has 11 nitrogen and oxygen atoms in total. The molecule has 1 saturated heterocycles. The molecule has 1 aliphatic rings. The molecule has 0 amide bonds. The van der Waals surface area contributed by atoms with E-state index in [9.17, 15) is 19.2 Å². The van der Waals surface area contributed by atoms with Crippen LogP contribution in [0.2, 0.25) is 0 Å². The van der Waals surface area contributed by atoms with Crippen molar-refractivity contribution in [2.24, 2.45) is 10.7 Å². The van der Waals surface area contributed by atoms with Gasteiger partial charge in [-0.3, -0.25) is 28.9 Å². The lowest BCUT2D eigenvalue weighted by molar-refractivity contribution is -0.155. The monoisotopic (exact) mass is 410 g/mol. The smallest absolute Gasteiger partial charge is 0.330 e. The lowest BCUT2D eigenvalue weighted by atomic mass is 10.2. The van der Waals surface area contributed by atoms with E-state index in [0.29, 0.717) is 13.1 Å². The maximum absolute atomic E-state index is 12.3. The molecule has 2 heterocycles. The molecule has 0 bridgehead atoms. The van der Waals surface area contributed by atoms with Gasteiger partial charge in [-0.15, -0.1) is 0 Å². The molecule has 0 aliphatic carbocycles. The number of rotatable bonds is 9. The predicted molar refractivity (Wildman–Crippen MR) is 103 cm³/mol. The summed E-state index contributed by atoms with van der Waals surface area (Å²) in [6, 6.07) is 0. The van der Waals surface area contributed by atoms with Crippen LogP contribution in [0.1, 0.15) is 44.9 Å². The molecule has 1 aromatic heterocycles. The SMILES string of the molecule is CC(=O)OC[C@H]1O[C@@H](n2cc(C=NCCCCN)c(=O)[nH]c2=O)C[C@@H]1OC(C)=O. The number of nitrogens with two attached hydrogens (primary N) is 1. The van der Waals surface area contributed by atoms with Gasteiger partial charge in [-0.1, -0.05) is 0 Å². The summed E-state index contributed by atoms with van der Waals surface area (Å²) in [6.45, 7) is 3.45. The fourth-order valence-electron chi connectivity index (χ4n) is 2.88. The first kappa shape index (κ1) is 22.5. The van der Waals surface area contributed by atoms with E-state index >= 15 is 0 Å². The van der Waals surface area contributed by atoms with Crippen LogP contribution in [-0.2, 0) is 23.8 Å². The van der Waals surface area contributed by atoms with Crippen LogP contribution in [0.4, 0.5) is 0 Å². The summed E-state index contributed by atoms with van der Waals surface area (Å²) in [6.07, 6.45) is 2.25. The lowest BCUT2D eigenvalue weighted by Crippen LogP contribution is -2.34. The number of unbranched alkanes of at least 4 members (excludes halogenated alkanes) is 1. The van der Waals surface area contributed by atoms with E-state index < -0.39 is 41.6 Å². The van der Waals surface area contributed by atoms with Gasteiger partial charge < -0.3 is 19.9 Å². The Morgan fingerprint density at radius 3 is 2.76 bits per heavy atom. The Hall–Kier alpha value is -2.79. The molecule has 160 valence electrons. The van der Waals surface area contributed by atoms with Gasteiger partial charge in [-0.25, -0.2) is 4.79 Å². The highest BCUT2D eigenvalue weighted by molar-refractivity contribution is 5.78. The van der Waals surface area contributed by atoms with Crippen LogP contribution in [-0.4, -0.2) is 59.6 Å². The highest BCUT2D eigenvalue weighted by Gasteiger charge is 2.39. The van der Waals surface area contributed by atoms with Crippen molar-refractivity contribution < 1.29 is 23.8 Å². The van der Waals surface area contributed by atoms with E-state index in [1.165, 1.54) is 30.8 Å². The van der Waals surface area contributed by atoms with Gasteiger partial charge in [0.1, 0.15) is 25.0 Å². The second-order valence-electron chi connectivity index (χ2n) is 6.60. The Balaban J connectivity index is 2.20. The first-order chi connectivity index (χ1) is 13.8. The molecule has 0 saturated carbocycles. The molecule has 0 radical (unpaired) electrons. The zero-order valence-electron chi connectivity index (χ0n) is 16.5. The standard InChI is InChI=1S/C18H26N4O7/c1-11(23)27-10-15-14(28-12(2)24)7-16(29-15)22-9-13(17(25)21-18(22)26)8-20-6-4-3-5-19/h8-9,14-16H,3-7,10,19H2,1-2H3,(H,21,25,26)/t14-,15+,16+/m0/s1. The van der Waals surface area contributed by atoms with Gasteiger partial charge in [0, 0.05) is 39.2 Å². The fraction of sp³-hybridized carbons (Fsp3) is 0.611. The number of esters is 2. The third-order valence-electron chi connectivity index (χ3n) is 4.23. The number of hydrogen-bond donors (Lipinski definition) is 2. The van der Waals surface area contributed by atoms with Crippen molar-refractivity contribution in [2.45, 2.75) is 51.5 Å². The Kier molecular flexibility index (Phi) is 8.28. The van der Waals surface area contributed by atoms with Gasteiger partial charge in [-0.2, -0.15) is 0 Å². The van der Waals surface area contributed by atoms with Gasteiger partial charge in [0.15, 0.2) is 0 Å². The quantitative estimate of drug-likeness (QED) is 0.313. The lowest BCUT2D eigenvalue weighted by Gasteiger charge is -2.17.